The molecule has 0 unspecified atom stereocenters. The average molecular weight is 412 g/mol. The summed E-state index contributed by atoms with van der Waals surface area (Å²) in [6.07, 6.45) is 2.41. The molecule has 0 aliphatic carbocycles. The van der Waals surface area contributed by atoms with Crippen molar-refractivity contribution in [3.8, 4) is 0 Å². The number of alkyl halides is 1. The van der Waals surface area contributed by atoms with E-state index in [9.17, 15) is 0 Å². The molecule has 2 heteroatoms. The van der Waals surface area contributed by atoms with Gasteiger partial charge < -0.3 is 0 Å². The van der Waals surface area contributed by atoms with Crippen molar-refractivity contribution in [2.45, 2.75) is 40.5 Å². The van der Waals surface area contributed by atoms with Gasteiger partial charge in [0.05, 0.1) is 0 Å². The highest BCUT2D eigenvalue weighted by Gasteiger charge is 1.95. The minimum Gasteiger partial charge on any atom is -0.0928 e. The van der Waals surface area contributed by atoms with Crippen LogP contribution >= 0.6 is 31.9 Å². The Morgan fingerprint density at radius 2 is 1.14 bits per heavy atom. The summed E-state index contributed by atoms with van der Waals surface area (Å²) < 4.78 is 1.17. The second-order valence-electron chi connectivity index (χ2n) is 5.59. The predicted molar refractivity (Wildman–Crippen MR) is 102 cm³/mol. The molecule has 0 radical (unpaired) electrons. The zero-order valence-corrected chi connectivity index (χ0v) is 16.5. The summed E-state index contributed by atoms with van der Waals surface area (Å²) in [7, 11) is 0. The van der Waals surface area contributed by atoms with E-state index in [0.29, 0.717) is 0 Å². The van der Waals surface area contributed by atoms with Crippen molar-refractivity contribution in [1.29, 1.82) is 0 Å². The number of aryl methyl sites for hydroxylation is 5. The summed E-state index contributed by atoms with van der Waals surface area (Å²) in [5.41, 5.74) is 6.83. The second-order valence-corrected chi connectivity index (χ2v) is 7.30. The van der Waals surface area contributed by atoms with E-state index in [1.54, 1.807) is 0 Å². The molecule has 0 N–H and O–H groups in total. The highest BCUT2D eigenvalue weighted by molar-refractivity contribution is 9.10. The molecule has 2 aromatic carbocycles. The summed E-state index contributed by atoms with van der Waals surface area (Å²) in [6.45, 7) is 8.50. The predicted octanol–water partition coefficient (Wildman–Crippen LogP) is 6.70. The first-order valence-corrected chi connectivity index (χ1v) is 9.19. The Kier molecular flexibility index (Phi) is 8.28. The molecule has 0 bridgehead atoms. The monoisotopic (exact) mass is 410 g/mol. The topological polar surface area (TPSA) is 0 Å². The molecule has 21 heavy (non-hydrogen) atoms. The zero-order valence-electron chi connectivity index (χ0n) is 13.3. The maximum atomic E-state index is 3.44. The molecule has 0 saturated heterocycles. The number of hydrogen-bond acceptors (Lipinski definition) is 0. The average Bonchev–Trinajstić information content (AvgIpc) is 2.34. The Bertz CT molecular complexity index is 503. The van der Waals surface area contributed by atoms with E-state index in [-0.39, 0.29) is 0 Å². The lowest BCUT2D eigenvalue weighted by Gasteiger charge is -2.03. The van der Waals surface area contributed by atoms with E-state index in [1.165, 1.54) is 45.1 Å². The SMILES string of the molecule is Cc1cc(C)cc(Br)c1.Cc1cc(C)cc(CCCBr)c1. The third-order valence-electron chi connectivity index (χ3n) is 3.07. The summed E-state index contributed by atoms with van der Waals surface area (Å²) in [4.78, 5) is 0. The highest BCUT2D eigenvalue weighted by Crippen LogP contribution is 2.14. The van der Waals surface area contributed by atoms with Crippen LogP contribution < -0.4 is 0 Å². The number of hydrogen-bond donors (Lipinski definition) is 0. The van der Waals surface area contributed by atoms with Crippen molar-refractivity contribution in [1.82, 2.24) is 0 Å². The Labute approximate surface area is 146 Å². The van der Waals surface area contributed by atoms with Crippen LogP contribution in [0.5, 0.6) is 0 Å². The molecular formula is C19H24Br2. The van der Waals surface area contributed by atoms with Gasteiger partial charge in [-0.2, -0.15) is 0 Å². The summed E-state index contributed by atoms with van der Waals surface area (Å²) in [5, 5.41) is 1.10. The van der Waals surface area contributed by atoms with Gasteiger partial charge in [-0.25, -0.2) is 0 Å². The minimum atomic E-state index is 1.10. The lowest BCUT2D eigenvalue weighted by atomic mass is 10.0. The van der Waals surface area contributed by atoms with Crippen LogP contribution in [0.4, 0.5) is 0 Å². The van der Waals surface area contributed by atoms with Crippen LogP contribution in [-0.2, 0) is 6.42 Å². The van der Waals surface area contributed by atoms with Crippen molar-refractivity contribution in [2.24, 2.45) is 0 Å². The fourth-order valence-corrected chi connectivity index (χ4v) is 3.41. The molecule has 0 aliphatic rings. The number of halogens is 2. The Morgan fingerprint density at radius 1 is 0.714 bits per heavy atom. The van der Waals surface area contributed by atoms with E-state index in [4.69, 9.17) is 0 Å². The van der Waals surface area contributed by atoms with Crippen LogP contribution in [0.3, 0.4) is 0 Å². The lowest BCUT2D eigenvalue weighted by Crippen LogP contribution is -1.88. The summed E-state index contributed by atoms with van der Waals surface area (Å²) >= 11 is 6.86. The molecule has 0 heterocycles. The lowest BCUT2D eigenvalue weighted by molar-refractivity contribution is 0.935. The minimum absolute atomic E-state index is 1.10. The third-order valence-corrected chi connectivity index (χ3v) is 4.09. The summed E-state index contributed by atoms with van der Waals surface area (Å²) in [5.74, 6) is 0. The maximum Gasteiger partial charge on any atom is 0.0180 e. The van der Waals surface area contributed by atoms with Crippen LogP contribution in [0.15, 0.2) is 40.9 Å². The van der Waals surface area contributed by atoms with E-state index in [2.05, 4.69) is 96.0 Å². The van der Waals surface area contributed by atoms with Crippen LogP contribution in [0.1, 0.15) is 34.2 Å². The largest absolute Gasteiger partial charge is 0.0928 e. The van der Waals surface area contributed by atoms with Gasteiger partial charge in [0.1, 0.15) is 0 Å². The number of benzene rings is 2. The molecule has 0 nitrogen and oxygen atoms in total. The molecule has 0 fully saturated rings. The van der Waals surface area contributed by atoms with Gasteiger partial charge in [0, 0.05) is 9.80 Å². The molecule has 0 saturated carbocycles. The smallest absolute Gasteiger partial charge is 0.0180 e. The molecular weight excluding hydrogens is 388 g/mol. The molecule has 0 spiro atoms. The van der Waals surface area contributed by atoms with Crippen molar-refractivity contribution < 1.29 is 0 Å². The van der Waals surface area contributed by atoms with Gasteiger partial charge in [0.2, 0.25) is 0 Å². The first-order chi connectivity index (χ1) is 9.90. The molecule has 2 aromatic rings. The van der Waals surface area contributed by atoms with Crippen LogP contribution in [-0.4, -0.2) is 5.33 Å². The first-order valence-electron chi connectivity index (χ1n) is 7.27. The fourth-order valence-electron chi connectivity index (χ4n) is 2.40. The van der Waals surface area contributed by atoms with Gasteiger partial charge in [-0.3, -0.25) is 0 Å². The normalized spacial score (nSPS) is 10.0. The second kappa shape index (κ2) is 9.42. The van der Waals surface area contributed by atoms with Crippen LogP contribution in [0.2, 0.25) is 0 Å². The van der Waals surface area contributed by atoms with Crippen molar-refractivity contribution >= 4 is 31.9 Å². The summed E-state index contributed by atoms with van der Waals surface area (Å²) in [6, 6.07) is 13.1. The molecule has 0 aromatic heterocycles. The Hall–Kier alpha value is -0.600. The van der Waals surface area contributed by atoms with Crippen LogP contribution in [0.25, 0.3) is 0 Å². The fraction of sp³-hybridized carbons (Fsp3) is 0.368. The van der Waals surface area contributed by atoms with Gasteiger partial charge in [-0.1, -0.05) is 67.3 Å². The van der Waals surface area contributed by atoms with Gasteiger partial charge in [-0.05, 0) is 69.4 Å². The number of rotatable bonds is 3. The molecule has 0 aliphatic heterocycles. The van der Waals surface area contributed by atoms with Crippen molar-refractivity contribution in [2.75, 3.05) is 5.33 Å². The van der Waals surface area contributed by atoms with E-state index < -0.39 is 0 Å². The highest BCUT2D eigenvalue weighted by atomic mass is 79.9. The molecule has 0 amide bonds. The van der Waals surface area contributed by atoms with Crippen LogP contribution in [0, 0.1) is 27.7 Å². The maximum absolute atomic E-state index is 3.44. The van der Waals surface area contributed by atoms with Gasteiger partial charge in [0.15, 0.2) is 0 Å². The van der Waals surface area contributed by atoms with E-state index >= 15 is 0 Å². The van der Waals surface area contributed by atoms with Crippen molar-refractivity contribution in [3.63, 3.8) is 0 Å². The molecule has 114 valence electrons. The Balaban J connectivity index is 0.000000219. The quantitative estimate of drug-likeness (QED) is 0.493. The van der Waals surface area contributed by atoms with Crippen molar-refractivity contribution in [3.05, 3.63) is 68.7 Å². The Morgan fingerprint density at radius 3 is 1.52 bits per heavy atom. The van der Waals surface area contributed by atoms with Gasteiger partial charge >= 0.3 is 0 Å². The van der Waals surface area contributed by atoms with E-state index in [1.807, 2.05) is 0 Å². The van der Waals surface area contributed by atoms with E-state index in [0.717, 1.165) is 5.33 Å². The first kappa shape index (κ1) is 18.4. The molecule has 0 atom stereocenters. The zero-order chi connectivity index (χ0) is 15.8. The molecule has 2 rings (SSSR count). The van der Waals surface area contributed by atoms with Gasteiger partial charge in [-0.15, -0.1) is 0 Å². The standard InChI is InChI=1S/C11H15Br.C8H9Br/c1-9-6-10(2)8-11(7-9)4-3-5-12;1-6-3-7(2)5-8(9)4-6/h6-8H,3-5H2,1-2H3;3-5H,1-2H3. The van der Waals surface area contributed by atoms with Gasteiger partial charge in [0.25, 0.3) is 0 Å². The third kappa shape index (κ3) is 7.82.